The zero-order valence-corrected chi connectivity index (χ0v) is 14.6. The highest BCUT2D eigenvalue weighted by Gasteiger charge is 2.62. The van der Waals surface area contributed by atoms with E-state index in [9.17, 15) is 9.59 Å². The lowest BCUT2D eigenvalue weighted by Gasteiger charge is -2.31. The lowest BCUT2D eigenvalue weighted by atomic mass is 9.75. The second-order valence-electron chi connectivity index (χ2n) is 7.74. The van der Waals surface area contributed by atoms with Crippen LogP contribution in [0.3, 0.4) is 0 Å². The van der Waals surface area contributed by atoms with Crippen molar-refractivity contribution in [1.29, 1.82) is 0 Å². The fourth-order valence-electron chi connectivity index (χ4n) is 4.45. The molecule has 4 nitrogen and oxygen atoms in total. The Morgan fingerprint density at radius 1 is 1.32 bits per heavy atom. The molecule has 1 fully saturated rings. The maximum absolute atomic E-state index is 12.7. The summed E-state index contributed by atoms with van der Waals surface area (Å²) in [4.78, 5) is 25.0. The molecule has 0 heterocycles. The Kier molecular flexibility index (Phi) is 4.42. The number of hydrogen-bond donors (Lipinski definition) is 0. The molecule has 0 spiro atoms. The molecule has 0 saturated heterocycles. The molecular weight excluding hydrogens is 280 g/mol. The van der Waals surface area contributed by atoms with Crippen molar-refractivity contribution in [3.8, 4) is 0 Å². The molecule has 2 aliphatic carbocycles. The summed E-state index contributed by atoms with van der Waals surface area (Å²) < 4.78 is 10.7. The number of hydrogen-bond acceptors (Lipinski definition) is 4. The van der Waals surface area contributed by atoms with Gasteiger partial charge in [-0.1, -0.05) is 19.9 Å². The highest BCUT2D eigenvalue weighted by Crippen LogP contribution is 2.63. The highest BCUT2D eigenvalue weighted by atomic mass is 16.5. The SMILES string of the molecule is CCOC(=O)C1=CC[C@@H]2C1[C@@](C)(C(=O)OC(C)C)CC2(C)C. The first-order valence-electron chi connectivity index (χ1n) is 8.21. The van der Waals surface area contributed by atoms with Gasteiger partial charge in [0.15, 0.2) is 0 Å². The summed E-state index contributed by atoms with van der Waals surface area (Å²) in [5.74, 6) is -0.291. The van der Waals surface area contributed by atoms with Gasteiger partial charge in [-0.3, -0.25) is 4.79 Å². The first kappa shape index (κ1) is 17.0. The van der Waals surface area contributed by atoms with Crippen LogP contribution in [0.1, 0.15) is 54.4 Å². The second-order valence-corrected chi connectivity index (χ2v) is 7.74. The second kappa shape index (κ2) is 5.71. The molecule has 4 heteroatoms. The van der Waals surface area contributed by atoms with E-state index >= 15 is 0 Å². The van der Waals surface area contributed by atoms with E-state index < -0.39 is 5.41 Å². The molecular formula is C18H28O4. The van der Waals surface area contributed by atoms with E-state index in [1.807, 2.05) is 26.8 Å². The summed E-state index contributed by atoms with van der Waals surface area (Å²) in [7, 11) is 0. The predicted octanol–water partition coefficient (Wildman–Crippen LogP) is 3.50. The van der Waals surface area contributed by atoms with E-state index in [1.165, 1.54) is 0 Å². The third-order valence-corrected chi connectivity index (χ3v) is 5.16. The van der Waals surface area contributed by atoms with Crippen LogP contribution in [0.15, 0.2) is 11.6 Å². The molecule has 0 N–H and O–H groups in total. The van der Waals surface area contributed by atoms with Gasteiger partial charge in [0.2, 0.25) is 0 Å². The van der Waals surface area contributed by atoms with Crippen LogP contribution in [-0.2, 0) is 19.1 Å². The van der Waals surface area contributed by atoms with Gasteiger partial charge in [-0.15, -0.1) is 0 Å². The van der Waals surface area contributed by atoms with Crippen molar-refractivity contribution in [3.05, 3.63) is 11.6 Å². The monoisotopic (exact) mass is 308 g/mol. The Morgan fingerprint density at radius 2 is 1.95 bits per heavy atom. The van der Waals surface area contributed by atoms with Crippen LogP contribution in [-0.4, -0.2) is 24.6 Å². The van der Waals surface area contributed by atoms with Gasteiger partial charge in [0.05, 0.1) is 18.1 Å². The fraction of sp³-hybridized carbons (Fsp3) is 0.778. The minimum Gasteiger partial charge on any atom is -0.463 e. The highest BCUT2D eigenvalue weighted by molar-refractivity contribution is 5.92. The number of rotatable bonds is 4. The molecule has 0 amide bonds. The molecule has 0 aromatic heterocycles. The Morgan fingerprint density at radius 3 is 2.50 bits per heavy atom. The Labute approximate surface area is 133 Å². The van der Waals surface area contributed by atoms with Gasteiger partial charge >= 0.3 is 11.9 Å². The van der Waals surface area contributed by atoms with E-state index in [-0.39, 0.29) is 35.3 Å². The van der Waals surface area contributed by atoms with Crippen LogP contribution in [0.4, 0.5) is 0 Å². The van der Waals surface area contributed by atoms with Gasteiger partial charge in [-0.25, -0.2) is 4.79 Å². The number of fused-ring (bicyclic) bond motifs is 1. The van der Waals surface area contributed by atoms with Crippen LogP contribution < -0.4 is 0 Å². The minimum absolute atomic E-state index is 0.000160. The number of carbonyl (C=O) groups is 2. The van der Waals surface area contributed by atoms with Crippen molar-refractivity contribution in [2.45, 2.75) is 60.5 Å². The number of ether oxygens (including phenoxy) is 2. The lowest BCUT2D eigenvalue weighted by Crippen LogP contribution is -2.38. The average molecular weight is 308 g/mol. The van der Waals surface area contributed by atoms with E-state index in [2.05, 4.69) is 13.8 Å². The van der Waals surface area contributed by atoms with Crippen LogP contribution >= 0.6 is 0 Å². The molecule has 2 rings (SSSR count). The molecule has 124 valence electrons. The molecule has 0 aliphatic heterocycles. The summed E-state index contributed by atoms with van der Waals surface area (Å²) in [6, 6.07) is 0. The Hall–Kier alpha value is -1.32. The van der Waals surface area contributed by atoms with E-state index in [0.717, 1.165) is 12.8 Å². The zero-order chi connectivity index (χ0) is 16.7. The Balaban J connectivity index is 2.36. The fourth-order valence-corrected chi connectivity index (χ4v) is 4.45. The van der Waals surface area contributed by atoms with Gasteiger partial charge in [0, 0.05) is 11.5 Å². The zero-order valence-electron chi connectivity index (χ0n) is 14.6. The van der Waals surface area contributed by atoms with E-state index in [0.29, 0.717) is 12.2 Å². The van der Waals surface area contributed by atoms with E-state index in [4.69, 9.17) is 9.47 Å². The third-order valence-electron chi connectivity index (χ3n) is 5.16. The molecule has 22 heavy (non-hydrogen) atoms. The average Bonchev–Trinajstić information content (AvgIpc) is 2.90. The maximum Gasteiger partial charge on any atom is 0.333 e. The molecule has 0 aromatic carbocycles. The molecule has 0 radical (unpaired) electrons. The summed E-state index contributed by atoms with van der Waals surface area (Å²) >= 11 is 0. The first-order chi connectivity index (χ1) is 10.1. The van der Waals surface area contributed by atoms with Crippen molar-refractivity contribution in [3.63, 3.8) is 0 Å². The summed E-state index contributed by atoms with van der Waals surface area (Å²) in [5, 5.41) is 0. The van der Waals surface area contributed by atoms with Gasteiger partial charge in [0.1, 0.15) is 0 Å². The van der Waals surface area contributed by atoms with Crippen LogP contribution in [0, 0.1) is 22.7 Å². The summed E-state index contributed by atoms with van der Waals surface area (Å²) in [6.45, 7) is 12.2. The number of esters is 2. The topological polar surface area (TPSA) is 52.6 Å². The first-order valence-corrected chi connectivity index (χ1v) is 8.21. The standard InChI is InChI=1S/C18H28O4/c1-7-21-15(19)12-8-9-13-14(12)18(6,10-17(13,4)5)16(20)22-11(2)3/h8,11,13-14H,7,9-10H2,1-6H3/t13-,14?,18+/m1/s1. The van der Waals surface area contributed by atoms with Crippen molar-refractivity contribution in [2.24, 2.45) is 22.7 Å². The molecule has 0 aromatic rings. The lowest BCUT2D eigenvalue weighted by molar-refractivity contribution is -0.161. The van der Waals surface area contributed by atoms with Crippen molar-refractivity contribution in [1.82, 2.24) is 0 Å². The summed E-state index contributed by atoms with van der Waals surface area (Å²) in [6.07, 6.45) is 3.38. The van der Waals surface area contributed by atoms with E-state index in [1.54, 1.807) is 6.92 Å². The predicted molar refractivity (Wildman–Crippen MR) is 84.0 cm³/mol. The Bertz CT molecular complexity index is 503. The van der Waals surface area contributed by atoms with Gasteiger partial charge < -0.3 is 9.47 Å². The normalized spacial score (nSPS) is 32.6. The molecule has 1 unspecified atom stereocenters. The molecule has 2 aliphatic rings. The smallest absolute Gasteiger partial charge is 0.333 e. The van der Waals surface area contributed by atoms with Gasteiger partial charge in [0.25, 0.3) is 0 Å². The van der Waals surface area contributed by atoms with Gasteiger partial charge in [-0.2, -0.15) is 0 Å². The van der Waals surface area contributed by atoms with Crippen LogP contribution in [0.25, 0.3) is 0 Å². The largest absolute Gasteiger partial charge is 0.463 e. The van der Waals surface area contributed by atoms with Crippen molar-refractivity contribution in [2.75, 3.05) is 6.61 Å². The van der Waals surface area contributed by atoms with Gasteiger partial charge in [-0.05, 0) is 51.9 Å². The quantitative estimate of drug-likeness (QED) is 0.746. The number of carbonyl (C=O) groups excluding carboxylic acids is 2. The van der Waals surface area contributed by atoms with Crippen LogP contribution in [0.2, 0.25) is 0 Å². The minimum atomic E-state index is -0.659. The third kappa shape index (κ3) is 2.68. The summed E-state index contributed by atoms with van der Waals surface area (Å²) in [5.41, 5.74) is 0.00822. The molecule has 0 bridgehead atoms. The maximum atomic E-state index is 12.7. The number of allylic oxidation sites excluding steroid dienone is 1. The van der Waals surface area contributed by atoms with Crippen molar-refractivity contribution < 1.29 is 19.1 Å². The molecule has 1 saturated carbocycles. The van der Waals surface area contributed by atoms with Crippen LogP contribution in [0.5, 0.6) is 0 Å². The van der Waals surface area contributed by atoms with Crippen molar-refractivity contribution >= 4 is 11.9 Å². The molecule has 3 atom stereocenters.